The van der Waals surface area contributed by atoms with Crippen LogP contribution in [-0.4, -0.2) is 70.9 Å². The minimum atomic E-state index is -1.75. The highest BCUT2D eigenvalue weighted by Gasteiger charge is 2.29. The number of rotatable bonds is 14. The predicted molar refractivity (Wildman–Crippen MR) is 84.4 cm³/mol. The predicted octanol–water partition coefficient (Wildman–Crippen LogP) is -0.872. The Labute approximate surface area is 132 Å². The lowest BCUT2D eigenvalue weighted by molar-refractivity contribution is -0.142. The van der Waals surface area contributed by atoms with Crippen LogP contribution in [0.5, 0.6) is 0 Å². The molecule has 132 valence electrons. The van der Waals surface area contributed by atoms with Gasteiger partial charge in [0.2, 0.25) is 0 Å². The van der Waals surface area contributed by atoms with Gasteiger partial charge in [0.1, 0.15) is 12.2 Å². The second-order valence-corrected chi connectivity index (χ2v) is 5.49. The summed E-state index contributed by atoms with van der Waals surface area (Å²) in [5, 5.41) is 42.3. The molecule has 6 N–H and O–H groups in total. The summed E-state index contributed by atoms with van der Waals surface area (Å²) in [6.45, 7) is 3.26. The van der Waals surface area contributed by atoms with E-state index in [-0.39, 0.29) is 0 Å². The number of amides is 1. The van der Waals surface area contributed by atoms with Gasteiger partial charge < -0.3 is 31.1 Å². The summed E-state index contributed by atoms with van der Waals surface area (Å²) < 4.78 is 0. The number of hydrogen-bond acceptors (Lipinski definition) is 6. The molecular formula is C15H32N2O5. The van der Waals surface area contributed by atoms with E-state index < -0.39 is 30.8 Å². The molecule has 0 heterocycles. The molecule has 0 saturated carbocycles. The van der Waals surface area contributed by atoms with Crippen LogP contribution >= 0.6 is 0 Å². The summed E-state index contributed by atoms with van der Waals surface area (Å²) in [7, 11) is 0. The van der Waals surface area contributed by atoms with E-state index in [1.807, 2.05) is 0 Å². The van der Waals surface area contributed by atoms with Crippen LogP contribution in [0.3, 0.4) is 0 Å². The normalized spacial score (nSPS) is 15.3. The minimum Gasteiger partial charge on any atom is -0.394 e. The van der Waals surface area contributed by atoms with Crippen molar-refractivity contribution >= 4 is 5.91 Å². The highest BCUT2D eigenvalue weighted by Crippen LogP contribution is 2.04. The van der Waals surface area contributed by atoms with E-state index in [1.165, 1.54) is 32.1 Å². The third-order valence-corrected chi connectivity index (χ3v) is 3.48. The molecule has 0 spiro atoms. The Bertz CT molecular complexity index is 279. The number of carbonyl (C=O) groups is 1. The molecule has 0 bridgehead atoms. The number of aliphatic hydroxyl groups excluding tert-OH is 4. The summed E-state index contributed by atoms with van der Waals surface area (Å²) in [6.07, 6.45) is 2.39. The fourth-order valence-electron chi connectivity index (χ4n) is 2.01. The molecule has 0 aromatic carbocycles. The van der Waals surface area contributed by atoms with Crippen LogP contribution < -0.4 is 10.6 Å². The van der Waals surface area contributed by atoms with Gasteiger partial charge in [0.05, 0.1) is 6.61 Å². The van der Waals surface area contributed by atoms with Gasteiger partial charge in [-0.25, -0.2) is 0 Å². The van der Waals surface area contributed by atoms with Crippen LogP contribution in [0.15, 0.2) is 0 Å². The van der Waals surface area contributed by atoms with Crippen molar-refractivity contribution in [3.8, 4) is 0 Å². The SMILES string of the molecule is CCCCCCCCNCCNC(=O)[C@H](O)[C@H](O)[C@H](O)CO. The van der Waals surface area contributed by atoms with Gasteiger partial charge in [-0.2, -0.15) is 0 Å². The van der Waals surface area contributed by atoms with E-state index in [0.29, 0.717) is 13.1 Å². The van der Waals surface area contributed by atoms with Gasteiger partial charge in [0.15, 0.2) is 6.10 Å². The Balaban J connectivity index is 3.52. The molecule has 7 nitrogen and oxygen atoms in total. The Morgan fingerprint density at radius 1 is 0.955 bits per heavy atom. The van der Waals surface area contributed by atoms with Crippen molar-refractivity contribution in [3.05, 3.63) is 0 Å². The van der Waals surface area contributed by atoms with E-state index in [4.69, 9.17) is 10.2 Å². The topological polar surface area (TPSA) is 122 Å². The zero-order chi connectivity index (χ0) is 16.8. The highest BCUT2D eigenvalue weighted by molar-refractivity contribution is 5.81. The first-order valence-electron chi connectivity index (χ1n) is 8.18. The molecule has 0 aromatic rings. The maximum Gasteiger partial charge on any atom is 0.251 e. The van der Waals surface area contributed by atoms with Crippen molar-refractivity contribution < 1.29 is 25.2 Å². The quantitative estimate of drug-likeness (QED) is 0.231. The van der Waals surface area contributed by atoms with Crippen molar-refractivity contribution in [2.24, 2.45) is 0 Å². The third-order valence-electron chi connectivity index (χ3n) is 3.48. The molecule has 3 atom stereocenters. The number of unbranched alkanes of at least 4 members (excludes halogenated alkanes) is 5. The fraction of sp³-hybridized carbons (Fsp3) is 0.933. The van der Waals surface area contributed by atoms with E-state index in [0.717, 1.165) is 13.0 Å². The first kappa shape index (κ1) is 21.3. The average molecular weight is 320 g/mol. The third kappa shape index (κ3) is 10.1. The molecule has 0 aliphatic heterocycles. The first-order valence-corrected chi connectivity index (χ1v) is 8.18. The Kier molecular flexibility index (Phi) is 13.4. The molecule has 0 fully saturated rings. The molecule has 1 amide bonds. The van der Waals surface area contributed by atoms with Gasteiger partial charge in [0, 0.05) is 13.1 Å². The molecule has 0 aliphatic carbocycles. The molecule has 22 heavy (non-hydrogen) atoms. The number of hydrogen-bond donors (Lipinski definition) is 6. The Morgan fingerprint density at radius 2 is 1.59 bits per heavy atom. The molecule has 7 heteroatoms. The average Bonchev–Trinajstić information content (AvgIpc) is 2.54. The van der Waals surface area contributed by atoms with Crippen molar-refractivity contribution in [2.45, 2.75) is 63.8 Å². The lowest BCUT2D eigenvalue weighted by atomic mass is 10.1. The zero-order valence-electron chi connectivity index (χ0n) is 13.5. The Morgan fingerprint density at radius 3 is 2.23 bits per heavy atom. The molecule has 0 saturated heterocycles. The first-order chi connectivity index (χ1) is 10.5. The summed E-state index contributed by atoms with van der Waals surface area (Å²) >= 11 is 0. The van der Waals surface area contributed by atoms with Crippen LogP contribution in [0.4, 0.5) is 0 Å². The molecule has 0 aromatic heterocycles. The van der Waals surface area contributed by atoms with E-state index in [2.05, 4.69) is 17.6 Å². The van der Waals surface area contributed by atoms with Crippen LogP contribution in [0.1, 0.15) is 45.4 Å². The van der Waals surface area contributed by atoms with E-state index in [1.54, 1.807) is 0 Å². The lowest BCUT2D eigenvalue weighted by Gasteiger charge is -2.20. The molecule has 0 aliphatic rings. The molecule has 0 unspecified atom stereocenters. The number of aliphatic hydroxyl groups is 4. The van der Waals surface area contributed by atoms with Crippen LogP contribution in [0, 0.1) is 0 Å². The van der Waals surface area contributed by atoms with Crippen molar-refractivity contribution in [3.63, 3.8) is 0 Å². The van der Waals surface area contributed by atoms with E-state index >= 15 is 0 Å². The van der Waals surface area contributed by atoms with Gasteiger partial charge in [-0.05, 0) is 13.0 Å². The second-order valence-electron chi connectivity index (χ2n) is 5.49. The summed E-state index contributed by atoms with van der Waals surface area (Å²) in [6, 6.07) is 0. The fourth-order valence-corrected chi connectivity index (χ4v) is 2.01. The molecule has 0 radical (unpaired) electrons. The van der Waals surface area contributed by atoms with Gasteiger partial charge in [0.25, 0.3) is 5.91 Å². The zero-order valence-corrected chi connectivity index (χ0v) is 13.5. The summed E-state index contributed by atoms with van der Waals surface area (Å²) in [5.41, 5.74) is 0. The monoisotopic (exact) mass is 320 g/mol. The Hall–Kier alpha value is -0.730. The largest absolute Gasteiger partial charge is 0.394 e. The van der Waals surface area contributed by atoms with Crippen molar-refractivity contribution in [2.75, 3.05) is 26.2 Å². The standard InChI is InChI=1S/C15H32N2O5/c1-2-3-4-5-6-7-8-16-9-10-17-15(22)14(21)13(20)12(19)11-18/h12-14,16,18-21H,2-11H2,1H3,(H,17,22)/t12-,13-,14-/m1/s1. The maximum absolute atomic E-state index is 11.5. The van der Waals surface area contributed by atoms with Gasteiger partial charge in [-0.15, -0.1) is 0 Å². The van der Waals surface area contributed by atoms with Crippen LogP contribution in [0.25, 0.3) is 0 Å². The highest BCUT2D eigenvalue weighted by atomic mass is 16.4. The minimum absolute atomic E-state index is 0.327. The second kappa shape index (κ2) is 13.9. The maximum atomic E-state index is 11.5. The number of carbonyl (C=O) groups excluding carboxylic acids is 1. The van der Waals surface area contributed by atoms with Crippen molar-refractivity contribution in [1.29, 1.82) is 0 Å². The smallest absolute Gasteiger partial charge is 0.251 e. The summed E-state index contributed by atoms with van der Waals surface area (Å²) in [5.74, 6) is -0.763. The molecule has 0 rings (SSSR count). The lowest BCUT2D eigenvalue weighted by Crippen LogP contribution is -2.49. The van der Waals surface area contributed by atoms with Crippen LogP contribution in [0.2, 0.25) is 0 Å². The summed E-state index contributed by atoms with van der Waals surface area (Å²) in [4.78, 5) is 11.5. The van der Waals surface area contributed by atoms with Crippen molar-refractivity contribution in [1.82, 2.24) is 10.6 Å². The number of nitrogens with one attached hydrogen (secondary N) is 2. The molecular weight excluding hydrogens is 288 g/mol. The van der Waals surface area contributed by atoms with Crippen LogP contribution in [-0.2, 0) is 4.79 Å². The van der Waals surface area contributed by atoms with Gasteiger partial charge in [-0.1, -0.05) is 39.0 Å². The van der Waals surface area contributed by atoms with Gasteiger partial charge in [-0.3, -0.25) is 4.79 Å². The van der Waals surface area contributed by atoms with E-state index in [9.17, 15) is 15.0 Å². The van der Waals surface area contributed by atoms with Gasteiger partial charge >= 0.3 is 0 Å².